The molecule has 0 aromatic carbocycles. The first-order valence-electron chi connectivity index (χ1n) is 5.91. The van der Waals surface area contributed by atoms with E-state index in [2.05, 4.69) is 28.0 Å². The zero-order chi connectivity index (χ0) is 12.3. The molecule has 1 fully saturated rings. The molecule has 1 aromatic rings. The summed E-state index contributed by atoms with van der Waals surface area (Å²) in [5.74, 6) is 1.02. The normalized spacial score (nSPS) is 17.1. The fourth-order valence-corrected chi connectivity index (χ4v) is 2.48. The van der Waals surface area contributed by atoms with Crippen molar-refractivity contribution >= 4 is 17.6 Å². The molecule has 4 nitrogen and oxygen atoms in total. The van der Waals surface area contributed by atoms with E-state index in [1.165, 1.54) is 0 Å². The molecular formula is C12H19N3OS. The van der Waals surface area contributed by atoms with Gasteiger partial charge in [-0.3, -0.25) is 0 Å². The predicted octanol–water partition coefficient (Wildman–Crippen LogP) is 2.12. The van der Waals surface area contributed by atoms with Gasteiger partial charge in [-0.2, -0.15) is 0 Å². The molecule has 0 unspecified atom stereocenters. The first-order chi connectivity index (χ1) is 8.20. The minimum atomic E-state index is 0.535. The van der Waals surface area contributed by atoms with Crippen molar-refractivity contribution in [2.75, 3.05) is 31.4 Å². The molecule has 0 spiro atoms. The number of hydrogen-bond donors (Lipinski definition) is 0. The quantitative estimate of drug-likeness (QED) is 0.609. The second-order valence-corrected chi connectivity index (χ2v) is 5.08. The van der Waals surface area contributed by atoms with Crippen LogP contribution in [0, 0.1) is 6.92 Å². The summed E-state index contributed by atoms with van der Waals surface area (Å²) < 4.78 is 5.39. The van der Waals surface area contributed by atoms with E-state index in [0.717, 1.165) is 42.7 Å². The molecule has 5 heteroatoms. The van der Waals surface area contributed by atoms with Crippen LogP contribution in [-0.4, -0.2) is 42.5 Å². The number of ether oxygens (including phenoxy) is 1. The molecule has 0 saturated carbocycles. The number of thioether (sulfide) groups is 1. The van der Waals surface area contributed by atoms with E-state index < -0.39 is 0 Å². The monoisotopic (exact) mass is 253 g/mol. The van der Waals surface area contributed by atoms with Crippen LogP contribution in [0.25, 0.3) is 0 Å². The Morgan fingerprint density at radius 2 is 2.06 bits per heavy atom. The number of anilines is 1. The van der Waals surface area contributed by atoms with Crippen LogP contribution in [0.4, 0.5) is 5.82 Å². The molecule has 2 rings (SSSR count). The molecule has 0 bridgehead atoms. The maximum Gasteiger partial charge on any atom is 0.189 e. The molecule has 17 heavy (non-hydrogen) atoms. The summed E-state index contributed by atoms with van der Waals surface area (Å²) in [5, 5.41) is 0.846. The van der Waals surface area contributed by atoms with Gasteiger partial charge in [0, 0.05) is 38.1 Å². The van der Waals surface area contributed by atoms with Gasteiger partial charge in [0.1, 0.15) is 5.82 Å². The Bertz CT molecular complexity index is 380. The highest BCUT2D eigenvalue weighted by atomic mass is 32.2. The van der Waals surface area contributed by atoms with Gasteiger partial charge in [0.25, 0.3) is 0 Å². The Hall–Kier alpha value is -0.810. The van der Waals surface area contributed by atoms with E-state index in [1.807, 2.05) is 13.2 Å². The number of hydrogen-bond acceptors (Lipinski definition) is 5. The summed E-state index contributed by atoms with van der Waals surface area (Å²) in [4.78, 5) is 11.2. The first kappa shape index (κ1) is 12.6. The fraction of sp³-hybridized carbons (Fsp3) is 0.667. The minimum absolute atomic E-state index is 0.535. The third-order valence-corrected chi connectivity index (χ3v) is 3.65. The Morgan fingerprint density at radius 1 is 1.35 bits per heavy atom. The van der Waals surface area contributed by atoms with E-state index in [0.29, 0.717) is 6.04 Å². The van der Waals surface area contributed by atoms with E-state index in [4.69, 9.17) is 4.74 Å². The SMILES string of the molecule is CSc1nc(C)cc(N(C)C2CCOCC2)n1. The van der Waals surface area contributed by atoms with Crippen LogP contribution in [-0.2, 0) is 4.74 Å². The van der Waals surface area contributed by atoms with Gasteiger partial charge in [0.05, 0.1) is 0 Å². The largest absolute Gasteiger partial charge is 0.381 e. The van der Waals surface area contributed by atoms with Crippen molar-refractivity contribution < 1.29 is 4.74 Å². The predicted molar refractivity (Wildman–Crippen MR) is 70.8 cm³/mol. The van der Waals surface area contributed by atoms with Gasteiger partial charge in [-0.25, -0.2) is 9.97 Å². The van der Waals surface area contributed by atoms with Crippen LogP contribution < -0.4 is 4.90 Å². The highest BCUT2D eigenvalue weighted by Gasteiger charge is 2.20. The molecule has 1 aromatic heterocycles. The average Bonchev–Trinajstić information content (AvgIpc) is 2.38. The lowest BCUT2D eigenvalue weighted by Gasteiger charge is -2.32. The molecule has 94 valence electrons. The van der Waals surface area contributed by atoms with Crippen LogP contribution >= 0.6 is 11.8 Å². The molecule has 0 amide bonds. The molecule has 0 N–H and O–H groups in total. The summed E-state index contributed by atoms with van der Waals surface area (Å²) in [6, 6.07) is 2.59. The fourth-order valence-electron chi connectivity index (χ4n) is 2.06. The number of aromatic nitrogens is 2. The molecule has 0 aliphatic carbocycles. The minimum Gasteiger partial charge on any atom is -0.381 e. The lowest BCUT2D eigenvalue weighted by molar-refractivity contribution is 0.0853. The van der Waals surface area contributed by atoms with Gasteiger partial charge in [0.15, 0.2) is 5.16 Å². The summed E-state index contributed by atoms with van der Waals surface area (Å²) >= 11 is 1.59. The molecule has 2 heterocycles. The summed E-state index contributed by atoms with van der Waals surface area (Å²) in [5.41, 5.74) is 1.03. The zero-order valence-electron chi connectivity index (χ0n) is 10.6. The van der Waals surface area contributed by atoms with Gasteiger partial charge >= 0.3 is 0 Å². The smallest absolute Gasteiger partial charge is 0.189 e. The summed E-state index contributed by atoms with van der Waals surface area (Å²) in [6.45, 7) is 3.73. The standard InChI is InChI=1S/C12H19N3OS/c1-9-8-11(14-12(13-9)17-3)15(2)10-4-6-16-7-5-10/h8,10H,4-7H2,1-3H3. The zero-order valence-corrected chi connectivity index (χ0v) is 11.5. The Morgan fingerprint density at radius 3 is 2.71 bits per heavy atom. The van der Waals surface area contributed by atoms with Gasteiger partial charge < -0.3 is 9.64 Å². The number of nitrogens with zero attached hydrogens (tertiary/aromatic N) is 3. The van der Waals surface area contributed by atoms with Crippen LogP contribution in [0.1, 0.15) is 18.5 Å². The van der Waals surface area contributed by atoms with Crippen molar-refractivity contribution in [3.63, 3.8) is 0 Å². The first-order valence-corrected chi connectivity index (χ1v) is 7.13. The van der Waals surface area contributed by atoms with Crippen molar-refractivity contribution in [2.24, 2.45) is 0 Å². The Kier molecular flexibility index (Phi) is 4.23. The van der Waals surface area contributed by atoms with Crippen molar-refractivity contribution in [1.29, 1.82) is 0 Å². The molecular weight excluding hydrogens is 234 g/mol. The highest BCUT2D eigenvalue weighted by Crippen LogP contribution is 2.22. The van der Waals surface area contributed by atoms with Crippen molar-refractivity contribution in [2.45, 2.75) is 31.0 Å². The van der Waals surface area contributed by atoms with Crippen LogP contribution in [0.3, 0.4) is 0 Å². The Balaban J connectivity index is 2.17. The highest BCUT2D eigenvalue weighted by molar-refractivity contribution is 7.98. The third kappa shape index (κ3) is 3.10. The average molecular weight is 253 g/mol. The van der Waals surface area contributed by atoms with Gasteiger partial charge in [-0.1, -0.05) is 11.8 Å². The number of aryl methyl sites for hydroxylation is 1. The summed E-state index contributed by atoms with van der Waals surface area (Å²) in [6.07, 6.45) is 4.16. The second kappa shape index (κ2) is 5.69. The topological polar surface area (TPSA) is 38.2 Å². The van der Waals surface area contributed by atoms with Crippen LogP contribution in [0.5, 0.6) is 0 Å². The molecule has 1 aliphatic heterocycles. The molecule has 0 radical (unpaired) electrons. The lowest BCUT2D eigenvalue weighted by atomic mass is 10.1. The van der Waals surface area contributed by atoms with Gasteiger partial charge in [-0.05, 0) is 26.0 Å². The number of rotatable bonds is 3. The van der Waals surface area contributed by atoms with Crippen LogP contribution in [0.15, 0.2) is 11.2 Å². The lowest BCUT2D eigenvalue weighted by Crippen LogP contribution is -2.37. The second-order valence-electron chi connectivity index (χ2n) is 4.31. The maximum absolute atomic E-state index is 5.39. The van der Waals surface area contributed by atoms with Crippen molar-refractivity contribution in [3.05, 3.63) is 11.8 Å². The van der Waals surface area contributed by atoms with Crippen LogP contribution in [0.2, 0.25) is 0 Å². The van der Waals surface area contributed by atoms with E-state index in [1.54, 1.807) is 11.8 Å². The molecule has 1 aliphatic rings. The van der Waals surface area contributed by atoms with E-state index >= 15 is 0 Å². The van der Waals surface area contributed by atoms with Crippen molar-refractivity contribution in [3.8, 4) is 0 Å². The molecule has 1 saturated heterocycles. The van der Waals surface area contributed by atoms with Crippen molar-refractivity contribution in [1.82, 2.24) is 9.97 Å². The van der Waals surface area contributed by atoms with E-state index in [-0.39, 0.29) is 0 Å². The maximum atomic E-state index is 5.39. The van der Waals surface area contributed by atoms with Gasteiger partial charge in [0.2, 0.25) is 0 Å². The van der Waals surface area contributed by atoms with Gasteiger partial charge in [-0.15, -0.1) is 0 Å². The van der Waals surface area contributed by atoms with E-state index in [9.17, 15) is 0 Å². The molecule has 0 atom stereocenters. The summed E-state index contributed by atoms with van der Waals surface area (Å²) in [7, 11) is 2.11. The Labute approximate surface area is 107 Å². The third-order valence-electron chi connectivity index (χ3n) is 3.10.